The number of aromatic nitrogens is 1. The first-order chi connectivity index (χ1) is 15.9. The molecular weight excluding hydrogens is 418 g/mol. The van der Waals surface area contributed by atoms with Crippen molar-refractivity contribution in [2.45, 2.75) is 44.6 Å². The molecule has 178 valence electrons. The molecule has 8 heteroatoms. The van der Waals surface area contributed by atoms with Gasteiger partial charge in [0.15, 0.2) is 0 Å². The van der Waals surface area contributed by atoms with E-state index in [4.69, 9.17) is 10.5 Å². The van der Waals surface area contributed by atoms with Crippen molar-refractivity contribution in [1.29, 1.82) is 0 Å². The monoisotopic (exact) mass is 453 g/mol. The number of fused-ring (bicyclic) bond motifs is 4. The zero-order valence-electron chi connectivity index (χ0n) is 19.8. The molecule has 6 rings (SSSR count). The van der Waals surface area contributed by atoms with Crippen molar-refractivity contribution >= 4 is 23.0 Å². The highest BCUT2D eigenvalue weighted by atomic mass is 16.6. The summed E-state index contributed by atoms with van der Waals surface area (Å²) in [4.78, 5) is 29.6. The summed E-state index contributed by atoms with van der Waals surface area (Å²) >= 11 is 0. The molecule has 1 aromatic heterocycles. The summed E-state index contributed by atoms with van der Waals surface area (Å²) in [7, 11) is 3.91. The first-order valence-corrected chi connectivity index (χ1v) is 12.2. The molecule has 8 nitrogen and oxygen atoms in total. The van der Waals surface area contributed by atoms with Gasteiger partial charge in [-0.25, -0.2) is 9.59 Å². The minimum atomic E-state index is -0.471. The van der Waals surface area contributed by atoms with E-state index < -0.39 is 12.1 Å². The number of piperidine rings is 2. The second-order valence-electron chi connectivity index (χ2n) is 10.2. The third-order valence-electron chi connectivity index (χ3n) is 7.90. The molecule has 3 N–H and O–H groups in total. The number of nitrogens with zero attached hydrogens (tertiary/aromatic N) is 3. The molecular formula is C25H35N5O3. The molecule has 3 aliphatic heterocycles. The van der Waals surface area contributed by atoms with Crippen LogP contribution in [0.1, 0.15) is 43.4 Å². The van der Waals surface area contributed by atoms with Crippen molar-refractivity contribution in [2.75, 3.05) is 40.3 Å². The molecule has 3 fully saturated rings. The number of hydrogen-bond acceptors (Lipinski definition) is 5. The van der Waals surface area contributed by atoms with Gasteiger partial charge in [0, 0.05) is 49.2 Å². The Morgan fingerprint density at radius 2 is 2.09 bits per heavy atom. The Kier molecular flexibility index (Phi) is 5.82. The van der Waals surface area contributed by atoms with Crippen LogP contribution in [0.3, 0.4) is 0 Å². The van der Waals surface area contributed by atoms with Gasteiger partial charge < -0.3 is 20.7 Å². The molecule has 4 heterocycles. The summed E-state index contributed by atoms with van der Waals surface area (Å²) in [5.41, 5.74) is 9.05. The van der Waals surface area contributed by atoms with Gasteiger partial charge >= 0.3 is 12.1 Å². The van der Waals surface area contributed by atoms with Crippen molar-refractivity contribution in [3.63, 3.8) is 0 Å². The van der Waals surface area contributed by atoms with Crippen LogP contribution in [0.5, 0.6) is 5.75 Å². The molecule has 2 amide bonds. The van der Waals surface area contributed by atoms with Crippen molar-refractivity contribution in [3.8, 4) is 5.75 Å². The van der Waals surface area contributed by atoms with Gasteiger partial charge in [-0.3, -0.25) is 9.47 Å². The normalized spacial score (nSPS) is 27.9. The Morgan fingerprint density at radius 1 is 1.27 bits per heavy atom. The lowest BCUT2D eigenvalue weighted by Gasteiger charge is -2.53. The average Bonchev–Trinajstić information content (AvgIpc) is 3.05. The van der Waals surface area contributed by atoms with Gasteiger partial charge in [-0.1, -0.05) is 13.3 Å². The second kappa shape index (κ2) is 8.65. The summed E-state index contributed by atoms with van der Waals surface area (Å²) in [6.45, 7) is 5.70. The maximum absolute atomic E-state index is 12.7. The van der Waals surface area contributed by atoms with Gasteiger partial charge in [0.1, 0.15) is 5.75 Å². The maximum Gasteiger partial charge on any atom is 0.412 e. The van der Waals surface area contributed by atoms with Gasteiger partial charge in [0.2, 0.25) is 0 Å². The van der Waals surface area contributed by atoms with Crippen LogP contribution < -0.4 is 15.8 Å². The summed E-state index contributed by atoms with van der Waals surface area (Å²) < 4.78 is 7.31. The fraction of sp³-hybridized carbons (Fsp3) is 0.600. The van der Waals surface area contributed by atoms with Crippen molar-refractivity contribution in [2.24, 2.45) is 17.6 Å². The number of nitrogens with one attached hydrogen (secondary N) is 1. The summed E-state index contributed by atoms with van der Waals surface area (Å²) in [6.07, 6.45) is 3.98. The molecule has 0 spiro atoms. The zero-order valence-corrected chi connectivity index (χ0v) is 19.8. The highest BCUT2D eigenvalue weighted by Gasteiger charge is 2.49. The van der Waals surface area contributed by atoms with Crippen molar-refractivity contribution < 1.29 is 14.3 Å². The van der Waals surface area contributed by atoms with E-state index in [1.807, 2.05) is 31.1 Å². The molecule has 4 aliphatic rings. The number of primary amides is 1. The molecule has 1 aromatic carbocycles. The standard InChI is InChI=1S/C25H35N5O3/c1-4-16-11-15-12-20-22(16)29(14-15)9-7-18-19-13-17(33-25(32)27-8-10-28(2)3)5-6-21(19)30(23(18)20)24(26)31/h5-6,13,15-16,20,22H,4,7-12,14H2,1-3H3,(H2,26,31)(H,27,32)/t15-,16+,20-,22+/m1/s1. The first kappa shape index (κ1) is 22.2. The van der Waals surface area contributed by atoms with Crippen LogP contribution >= 0.6 is 0 Å². The lowest BCUT2D eigenvalue weighted by molar-refractivity contribution is -0.0138. The fourth-order valence-electron chi connectivity index (χ4n) is 6.66. The van der Waals surface area contributed by atoms with Gasteiger partial charge in [0.25, 0.3) is 0 Å². The topological polar surface area (TPSA) is 92.8 Å². The molecule has 1 saturated carbocycles. The van der Waals surface area contributed by atoms with Crippen LogP contribution in [-0.4, -0.2) is 72.8 Å². The Balaban J connectivity index is 1.52. The average molecular weight is 454 g/mol. The molecule has 33 heavy (non-hydrogen) atoms. The Hall–Kier alpha value is -2.58. The lowest BCUT2D eigenvalue weighted by atomic mass is 9.65. The fourth-order valence-corrected chi connectivity index (χ4v) is 6.66. The highest BCUT2D eigenvalue weighted by molar-refractivity contribution is 5.96. The van der Waals surface area contributed by atoms with Gasteiger partial charge in [0.05, 0.1) is 5.52 Å². The SMILES string of the molecule is CC[C@H]1C[C@@H]2C[C@H]3c4c(c5cc(OC(=O)NCCN(C)C)ccc5n4C(N)=O)CCN(C2)[C@@H]13. The number of carbonyl (C=O) groups is 2. The van der Waals surface area contributed by atoms with E-state index in [0.29, 0.717) is 36.1 Å². The number of benzene rings is 1. The predicted octanol–water partition coefficient (Wildman–Crippen LogP) is 2.98. The Labute approximate surface area is 195 Å². The first-order valence-electron chi connectivity index (χ1n) is 12.2. The molecule has 2 saturated heterocycles. The smallest absolute Gasteiger partial charge is 0.410 e. The third-order valence-corrected chi connectivity index (χ3v) is 7.90. The van der Waals surface area contributed by atoms with E-state index in [1.54, 1.807) is 10.6 Å². The van der Waals surface area contributed by atoms with Gasteiger partial charge in [-0.05, 0) is 69.0 Å². The molecule has 1 aliphatic carbocycles. The van der Waals surface area contributed by atoms with E-state index in [-0.39, 0.29) is 0 Å². The molecule has 2 aromatic rings. The third kappa shape index (κ3) is 3.89. The molecule has 1 unspecified atom stereocenters. The molecule has 0 radical (unpaired) electrons. The molecule has 4 bridgehead atoms. The molecule has 5 atom stereocenters. The number of carbonyl (C=O) groups excluding carboxylic acids is 2. The largest absolute Gasteiger partial charge is 0.412 e. The van der Waals surface area contributed by atoms with Gasteiger partial charge in [-0.2, -0.15) is 0 Å². The second-order valence-corrected chi connectivity index (χ2v) is 10.2. The number of ether oxygens (including phenoxy) is 1. The van der Waals surface area contributed by atoms with Crippen LogP contribution in [-0.2, 0) is 6.42 Å². The lowest BCUT2D eigenvalue weighted by Crippen LogP contribution is -2.56. The summed E-state index contributed by atoms with van der Waals surface area (Å²) in [5, 5.41) is 3.75. The highest BCUT2D eigenvalue weighted by Crippen LogP contribution is 2.52. The van der Waals surface area contributed by atoms with Crippen molar-refractivity contribution in [1.82, 2.24) is 19.7 Å². The van der Waals surface area contributed by atoms with Crippen LogP contribution in [0.4, 0.5) is 9.59 Å². The zero-order chi connectivity index (χ0) is 23.3. The van der Waals surface area contributed by atoms with E-state index in [9.17, 15) is 9.59 Å². The quantitative estimate of drug-likeness (QED) is 0.726. The summed E-state index contributed by atoms with van der Waals surface area (Å²) in [6, 6.07) is 5.56. The van der Waals surface area contributed by atoms with E-state index in [0.717, 1.165) is 49.1 Å². The van der Waals surface area contributed by atoms with Crippen molar-refractivity contribution in [3.05, 3.63) is 29.5 Å². The van der Waals surface area contributed by atoms with E-state index in [1.165, 1.54) is 18.4 Å². The van der Waals surface area contributed by atoms with E-state index >= 15 is 0 Å². The van der Waals surface area contributed by atoms with Crippen LogP contribution in [0.2, 0.25) is 0 Å². The number of hydrogen-bond donors (Lipinski definition) is 2. The maximum atomic E-state index is 12.7. The number of nitrogens with two attached hydrogens (primary N) is 1. The number of rotatable bonds is 5. The van der Waals surface area contributed by atoms with Crippen LogP contribution in [0, 0.1) is 11.8 Å². The summed E-state index contributed by atoms with van der Waals surface area (Å²) in [5.74, 6) is 2.14. The minimum Gasteiger partial charge on any atom is -0.410 e. The van der Waals surface area contributed by atoms with Gasteiger partial charge in [-0.15, -0.1) is 0 Å². The van der Waals surface area contributed by atoms with Crippen LogP contribution in [0.15, 0.2) is 18.2 Å². The Bertz CT molecular complexity index is 1080. The minimum absolute atomic E-state index is 0.318. The van der Waals surface area contributed by atoms with E-state index in [2.05, 4.69) is 17.1 Å². The number of amides is 2. The van der Waals surface area contributed by atoms with Crippen LogP contribution in [0.25, 0.3) is 10.9 Å². The predicted molar refractivity (Wildman–Crippen MR) is 128 cm³/mol. The number of likely N-dealkylation sites (N-methyl/N-ethyl adjacent to an activating group) is 1. The Morgan fingerprint density at radius 3 is 2.82 bits per heavy atom.